The molecule has 0 bridgehead atoms. The Labute approximate surface area is 210 Å². The lowest BCUT2D eigenvalue weighted by molar-refractivity contribution is -0.150. The van der Waals surface area contributed by atoms with Crippen molar-refractivity contribution in [2.45, 2.75) is 31.3 Å². The third-order valence-electron chi connectivity index (χ3n) is 7.36. The van der Waals surface area contributed by atoms with Gasteiger partial charge >= 0.3 is 0 Å². The number of aromatic hydroxyl groups is 1. The molecule has 0 saturated heterocycles. The van der Waals surface area contributed by atoms with Gasteiger partial charge in [-0.15, -0.1) is 11.3 Å². The van der Waals surface area contributed by atoms with Gasteiger partial charge < -0.3 is 26.2 Å². The summed E-state index contributed by atoms with van der Waals surface area (Å²) in [6.07, 6.45) is 0.349. The minimum atomic E-state index is -2.30. The summed E-state index contributed by atoms with van der Waals surface area (Å²) in [7, 11) is 0. The maximum Gasteiger partial charge on any atom is 0.255 e. The number of thiophene rings is 1. The number of Topliss-reactive ketones (excluding diaryl/α,β-unsaturated/α-hetero) is 2. The number of benzene rings is 2. The van der Waals surface area contributed by atoms with E-state index in [-0.39, 0.29) is 42.3 Å². The van der Waals surface area contributed by atoms with Gasteiger partial charge in [-0.1, -0.05) is 18.2 Å². The van der Waals surface area contributed by atoms with Crippen LogP contribution in [0.1, 0.15) is 35.2 Å². The van der Waals surface area contributed by atoms with Crippen LogP contribution in [0.25, 0.3) is 20.5 Å². The van der Waals surface area contributed by atoms with Crippen LogP contribution in [0.5, 0.6) is 5.75 Å². The Morgan fingerprint density at radius 3 is 2.53 bits per heavy atom. The molecule has 6 N–H and O–H groups in total. The molecule has 36 heavy (non-hydrogen) atoms. The fourth-order valence-corrected chi connectivity index (χ4v) is 6.68. The highest BCUT2D eigenvalue weighted by Gasteiger charge is 2.51. The van der Waals surface area contributed by atoms with Gasteiger partial charge in [-0.3, -0.25) is 14.4 Å². The summed E-state index contributed by atoms with van der Waals surface area (Å²) in [4.78, 5) is 38.5. The van der Waals surface area contributed by atoms with E-state index in [1.807, 2.05) is 30.3 Å². The second kappa shape index (κ2) is 8.85. The molecule has 5 rings (SSSR count). The number of hydrogen-bond donors (Lipinski definition) is 5. The summed E-state index contributed by atoms with van der Waals surface area (Å²) in [6, 6.07) is 13.3. The van der Waals surface area contributed by atoms with E-state index >= 15 is 0 Å². The summed E-state index contributed by atoms with van der Waals surface area (Å²) in [5, 5.41) is 42.8. The van der Waals surface area contributed by atoms with Gasteiger partial charge in [0.05, 0.1) is 12.2 Å². The maximum absolute atomic E-state index is 13.2. The van der Waals surface area contributed by atoms with Crippen LogP contribution in [0.4, 0.5) is 0 Å². The zero-order valence-corrected chi connectivity index (χ0v) is 20.0. The molecule has 3 atom stereocenters. The van der Waals surface area contributed by atoms with Gasteiger partial charge in [0.1, 0.15) is 17.1 Å². The number of carbonyl (C=O) groups is 3. The van der Waals surface area contributed by atoms with Crippen molar-refractivity contribution in [3.63, 3.8) is 0 Å². The van der Waals surface area contributed by atoms with Gasteiger partial charge in [0.15, 0.2) is 11.4 Å². The number of carbonyl (C=O) groups excluding carboxylic acids is 3. The first-order chi connectivity index (χ1) is 17.1. The Morgan fingerprint density at radius 2 is 1.83 bits per heavy atom. The van der Waals surface area contributed by atoms with Crippen molar-refractivity contribution >= 4 is 38.9 Å². The Kier molecular flexibility index (Phi) is 5.94. The SMILES string of the molecule is NC(=O)C1=C(O)C[C@H](C[C@H]2CC(=O)c3c(O)ccc(-c4cc5ccccc5s4)c3C2)[C@](O)(CO)C1=O. The standard InChI is InChI=1S/C27H25NO7S/c28-26(34)24-20(32)11-15(27(35,12-29)25(24)33)7-13-8-17-16(5-6-18(30)23(17)19(31)9-13)22-10-14-3-1-2-4-21(14)36-22/h1-6,10,13,15,29-30,32,35H,7-9,11-12H2,(H2,28,34)/t13-,15+,27-/m1/s1. The van der Waals surface area contributed by atoms with Gasteiger partial charge in [0.2, 0.25) is 5.78 Å². The molecule has 2 aliphatic carbocycles. The molecule has 0 saturated carbocycles. The van der Waals surface area contributed by atoms with E-state index in [0.717, 1.165) is 20.5 Å². The smallest absolute Gasteiger partial charge is 0.255 e. The van der Waals surface area contributed by atoms with Gasteiger partial charge in [-0.05, 0) is 59.5 Å². The Balaban J connectivity index is 1.51. The molecule has 1 heterocycles. The maximum atomic E-state index is 13.2. The number of nitrogens with two attached hydrogens (primary N) is 1. The first kappa shape index (κ1) is 24.2. The van der Waals surface area contributed by atoms with Crippen LogP contribution in [0.15, 0.2) is 53.8 Å². The highest BCUT2D eigenvalue weighted by molar-refractivity contribution is 7.22. The first-order valence-electron chi connectivity index (χ1n) is 11.6. The lowest BCUT2D eigenvalue weighted by atomic mass is 9.68. The van der Waals surface area contributed by atoms with E-state index in [0.29, 0.717) is 12.0 Å². The van der Waals surface area contributed by atoms with Crippen molar-refractivity contribution in [1.82, 2.24) is 0 Å². The number of allylic oxidation sites excluding steroid dienone is 1. The fourth-order valence-electron chi connectivity index (χ4n) is 5.57. The van der Waals surface area contributed by atoms with Gasteiger partial charge in [-0.2, -0.15) is 0 Å². The lowest BCUT2D eigenvalue weighted by Crippen LogP contribution is -2.55. The number of aliphatic hydroxyl groups excluding tert-OH is 2. The molecule has 0 aliphatic heterocycles. The number of fused-ring (bicyclic) bond motifs is 2. The average molecular weight is 508 g/mol. The molecule has 8 nitrogen and oxygen atoms in total. The number of ketones is 2. The van der Waals surface area contributed by atoms with Gasteiger partial charge in [0, 0.05) is 28.3 Å². The molecule has 2 aromatic carbocycles. The topological polar surface area (TPSA) is 158 Å². The molecule has 3 aromatic rings. The minimum Gasteiger partial charge on any atom is -0.511 e. The van der Waals surface area contributed by atoms with Crippen LogP contribution >= 0.6 is 11.3 Å². The normalized spacial score (nSPS) is 24.3. The van der Waals surface area contributed by atoms with Crippen molar-refractivity contribution in [1.29, 1.82) is 0 Å². The quantitative estimate of drug-likeness (QED) is 0.332. The molecular weight excluding hydrogens is 482 g/mol. The van der Waals surface area contributed by atoms with E-state index < -0.39 is 41.1 Å². The number of aliphatic hydroxyl groups is 3. The van der Waals surface area contributed by atoms with Crippen LogP contribution in [-0.4, -0.2) is 50.1 Å². The van der Waals surface area contributed by atoms with E-state index in [2.05, 4.69) is 0 Å². The van der Waals surface area contributed by atoms with E-state index in [4.69, 9.17) is 5.73 Å². The summed E-state index contributed by atoms with van der Waals surface area (Å²) < 4.78 is 1.09. The van der Waals surface area contributed by atoms with Gasteiger partial charge in [0.25, 0.3) is 5.91 Å². The molecule has 1 aromatic heterocycles. The minimum absolute atomic E-state index is 0.0653. The fraction of sp³-hybridized carbons (Fsp3) is 0.296. The molecule has 0 fully saturated rings. The van der Waals surface area contributed by atoms with Crippen LogP contribution in [-0.2, 0) is 16.0 Å². The Morgan fingerprint density at radius 1 is 1.08 bits per heavy atom. The van der Waals surface area contributed by atoms with Crippen molar-refractivity contribution in [3.05, 3.63) is 64.9 Å². The molecule has 0 unspecified atom stereocenters. The molecule has 2 aliphatic rings. The van der Waals surface area contributed by atoms with Crippen LogP contribution in [0.3, 0.4) is 0 Å². The Hall–Kier alpha value is -3.53. The summed E-state index contributed by atoms with van der Waals surface area (Å²) in [5.74, 6) is -4.42. The monoisotopic (exact) mass is 507 g/mol. The van der Waals surface area contributed by atoms with E-state index in [1.165, 1.54) is 6.07 Å². The lowest BCUT2D eigenvalue weighted by Gasteiger charge is -2.39. The second-order valence-electron chi connectivity index (χ2n) is 9.57. The second-order valence-corrected chi connectivity index (χ2v) is 10.6. The zero-order valence-electron chi connectivity index (χ0n) is 19.2. The van der Waals surface area contributed by atoms with Crippen LogP contribution in [0, 0.1) is 11.8 Å². The molecule has 0 spiro atoms. The Bertz CT molecular complexity index is 1420. The molecule has 1 amide bonds. The third-order valence-corrected chi connectivity index (χ3v) is 8.51. The number of hydrogen-bond acceptors (Lipinski definition) is 8. The summed E-state index contributed by atoms with van der Waals surface area (Å²) in [5.41, 5.74) is 4.00. The largest absolute Gasteiger partial charge is 0.511 e. The van der Waals surface area contributed by atoms with Crippen molar-refractivity contribution < 1.29 is 34.8 Å². The van der Waals surface area contributed by atoms with Crippen LogP contribution in [0.2, 0.25) is 0 Å². The highest BCUT2D eigenvalue weighted by atomic mass is 32.1. The molecule has 186 valence electrons. The van der Waals surface area contributed by atoms with E-state index in [1.54, 1.807) is 17.4 Å². The number of primary amides is 1. The first-order valence-corrected chi connectivity index (χ1v) is 12.4. The van der Waals surface area contributed by atoms with E-state index in [9.17, 15) is 34.8 Å². The average Bonchev–Trinajstić information content (AvgIpc) is 3.26. The van der Waals surface area contributed by atoms with Gasteiger partial charge in [-0.25, -0.2) is 0 Å². The number of amides is 1. The third kappa shape index (κ3) is 3.80. The predicted octanol–water partition coefficient (Wildman–Crippen LogP) is 3.02. The summed E-state index contributed by atoms with van der Waals surface area (Å²) >= 11 is 1.58. The predicted molar refractivity (Wildman–Crippen MR) is 134 cm³/mol. The molecule has 0 radical (unpaired) electrons. The number of phenolic OH excluding ortho intramolecular Hbond substituents is 1. The van der Waals surface area contributed by atoms with Crippen molar-refractivity contribution in [2.24, 2.45) is 17.6 Å². The highest BCUT2D eigenvalue weighted by Crippen LogP contribution is 2.45. The number of rotatable bonds is 5. The summed E-state index contributed by atoms with van der Waals surface area (Å²) in [6.45, 7) is -0.953. The number of phenols is 1. The molecule has 9 heteroatoms. The van der Waals surface area contributed by atoms with Crippen LogP contribution < -0.4 is 5.73 Å². The van der Waals surface area contributed by atoms with Crippen molar-refractivity contribution in [3.8, 4) is 16.2 Å². The zero-order chi connectivity index (χ0) is 25.8. The van der Waals surface area contributed by atoms with Crippen molar-refractivity contribution in [2.75, 3.05) is 6.61 Å². The molecular formula is C27H25NO7S.